The summed E-state index contributed by atoms with van der Waals surface area (Å²) >= 11 is 5.91. The van der Waals surface area contributed by atoms with Crippen LogP contribution in [0.3, 0.4) is 0 Å². The van der Waals surface area contributed by atoms with Gasteiger partial charge in [-0.3, -0.25) is 4.90 Å². The number of carbonyl (C=O) groups is 1. The molecule has 17 heteroatoms. The molecule has 2 aromatic heterocycles. The highest BCUT2D eigenvalue weighted by Crippen LogP contribution is 2.60. The van der Waals surface area contributed by atoms with Gasteiger partial charge < -0.3 is 24.2 Å². The third-order valence-corrected chi connectivity index (χ3v) is 8.37. The van der Waals surface area contributed by atoms with Gasteiger partial charge >= 0.3 is 18.3 Å². The first-order chi connectivity index (χ1) is 19.5. The van der Waals surface area contributed by atoms with E-state index in [2.05, 4.69) is 15.0 Å². The first-order valence-electron chi connectivity index (χ1n) is 13.2. The lowest BCUT2D eigenvalue weighted by Gasteiger charge is -2.48. The molecule has 0 spiro atoms. The topological polar surface area (TPSA) is 110 Å². The van der Waals surface area contributed by atoms with Gasteiger partial charge in [0, 0.05) is 13.0 Å². The fraction of sp³-hybridized carbons (Fsp3) is 0.680. The Balaban J connectivity index is 1.48. The Kier molecular flexibility index (Phi) is 6.40. The number of alkyl halides is 5. The maximum absolute atomic E-state index is 15.3. The van der Waals surface area contributed by atoms with Gasteiger partial charge in [-0.15, -0.1) is 0 Å². The summed E-state index contributed by atoms with van der Waals surface area (Å²) in [6, 6.07) is -3.86. The molecule has 1 N–H and O–H groups in total. The van der Waals surface area contributed by atoms with Crippen molar-refractivity contribution < 1.29 is 50.5 Å². The summed E-state index contributed by atoms with van der Waals surface area (Å²) in [7, 11) is 0. The number of halogens is 7. The van der Waals surface area contributed by atoms with Crippen LogP contribution in [0.15, 0.2) is 0 Å². The standard InChI is InChI=1S/C25H26ClF6N5O5/c1-22(2,3)42-21(39)37-10-4-5-11(37)15-16(25(30,31)32)41-19-12-14(13(27)17(26)34-19)33-20(35-18(12)36(15)6-10)40-9-23(8-38)7-24(23,28)29/h10-11,15-16,38H,4-9H2,1-3H3/t10-,11+,15+,16-,23?/m1/s1. The van der Waals surface area contributed by atoms with Crippen LogP contribution in [0.2, 0.25) is 5.15 Å². The van der Waals surface area contributed by atoms with Crippen LogP contribution in [-0.4, -0.2) is 92.7 Å². The lowest BCUT2D eigenvalue weighted by atomic mass is 9.96. The number of anilines is 1. The molecule has 6 rings (SSSR count). The molecule has 3 aliphatic heterocycles. The van der Waals surface area contributed by atoms with Crippen molar-refractivity contribution in [1.82, 2.24) is 19.9 Å². The van der Waals surface area contributed by atoms with E-state index in [4.69, 9.17) is 25.8 Å². The van der Waals surface area contributed by atoms with Gasteiger partial charge in [0.05, 0.1) is 30.1 Å². The number of amides is 1. The number of pyridine rings is 1. The molecule has 230 valence electrons. The smallest absolute Gasteiger partial charge is 0.427 e. The van der Waals surface area contributed by atoms with Crippen molar-refractivity contribution in [3.63, 3.8) is 0 Å². The van der Waals surface area contributed by atoms with Gasteiger partial charge in [0.15, 0.2) is 11.0 Å². The number of aliphatic hydroxyl groups is 1. The van der Waals surface area contributed by atoms with Crippen molar-refractivity contribution in [2.75, 3.05) is 24.7 Å². The van der Waals surface area contributed by atoms with Crippen LogP contribution in [0.4, 0.5) is 37.0 Å². The second-order valence-corrected chi connectivity index (χ2v) is 12.5. The summed E-state index contributed by atoms with van der Waals surface area (Å²) in [5, 5.41) is 8.35. The highest BCUT2D eigenvalue weighted by atomic mass is 35.5. The summed E-state index contributed by atoms with van der Waals surface area (Å²) in [5.74, 6) is -5.36. The molecule has 4 aliphatic rings. The van der Waals surface area contributed by atoms with E-state index in [0.717, 1.165) is 0 Å². The average Bonchev–Trinajstić information content (AvgIpc) is 3.34. The largest absolute Gasteiger partial charge is 0.462 e. The van der Waals surface area contributed by atoms with E-state index in [1.807, 2.05) is 0 Å². The SMILES string of the molecule is CC(C)(C)OC(=O)N1[C@@H]2CC[C@H]1[C@H]1[C@H](C(F)(F)F)Oc3nc(Cl)c(F)c4nc(OCC5(CO)CC5(F)F)nc(c34)N1C2. The predicted octanol–water partition coefficient (Wildman–Crippen LogP) is 4.49. The highest BCUT2D eigenvalue weighted by Gasteiger charge is 2.71. The van der Waals surface area contributed by atoms with Gasteiger partial charge in [-0.25, -0.2) is 18.0 Å². The Morgan fingerprint density at radius 2 is 1.88 bits per heavy atom. The molecule has 1 amide bonds. The summed E-state index contributed by atoms with van der Waals surface area (Å²) in [4.78, 5) is 27.6. The van der Waals surface area contributed by atoms with E-state index in [9.17, 15) is 31.9 Å². The van der Waals surface area contributed by atoms with Gasteiger partial charge in [-0.2, -0.15) is 28.1 Å². The summed E-state index contributed by atoms with van der Waals surface area (Å²) < 4.78 is 103. The fourth-order valence-corrected chi connectivity index (χ4v) is 6.18. The van der Waals surface area contributed by atoms with Crippen LogP contribution in [0.1, 0.15) is 40.0 Å². The second-order valence-electron chi connectivity index (χ2n) is 12.1. The van der Waals surface area contributed by atoms with Crippen LogP contribution < -0.4 is 14.4 Å². The Morgan fingerprint density at radius 1 is 1.19 bits per heavy atom. The second kappa shape index (κ2) is 9.24. The van der Waals surface area contributed by atoms with Gasteiger partial charge in [0.1, 0.15) is 28.9 Å². The Morgan fingerprint density at radius 3 is 2.48 bits per heavy atom. The maximum atomic E-state index is 15.3. The molecule has 3 fully saturated rings. The summed E-state index contributed by atoms with van der Waals surface area (Å²) in [6.07, 6.45) is -8.50. The van der Waals surface area contributed by atoms with Gasteiger partial charge in [0.2, 0.25) is 12.0 Å². The normalized spacial score (nSPS) is 29.6. The molecule has 10 nitrogen and oxygen atoms in total. The lowest BCUT2D eigenvalue weighted by Crippen LogP contribution is -2.68. The molecule has 2 saturated heterocycles. The van der Waals surface area contributed by atoms with Crippen molar-refractivity contribution in [3.05, 3.63) is 11.0 Å². The highest BCUT2D eigenvalue weighted by molar-refractivity contribution is 6.30. The molecule has 1 unspecified atom stereocenters. The monoisotopic (exact) mass is 625 g/mol. The molecule has 1 saturated carbocycles. The molecule has 0 radical (unpaired) electrons. The van der Waals surface area contributed by atoms with E-state index in [0.29, 0.717) is 6.42 Å². The number of piperazine rings is 1. The molecule has 2 aromatic rings. The van der Waals surface area contributed by atoms with Gasteiger partial charge in [-0.1, -0.05) is 11.6 Å². The Bertz CT molecular complexity index is 1460. The molecular weight excluding hydrogens is 600 g/mol. The third kappa shape index (κ3) is 4.52. The molecule has 5 atom stereocenters. The number of rotatable bonds is 4. The Labute approximate surface area is 239 Å². The minimum atomic E-state index is -4.99. The van der Waals surface area contributed by atoms with Gasteiger partial charge in [-0.05, 0) is 33.6 Å². The number of hydrogen-bond donors (Lipinski definition) is 1. The van der Waals surface area contributed by atoms with Gasteiger partial charge in [0.25, 0.3) is 5.92 Å². The predicted molar refractivity (Wildman–Crippen MR) is 133 cm³/mol. The van der Waals surface area contributed by atoms with E-state index in [-0.39, 0.29) is 24.2 Å². The molecule has 1 aliphatic carbocycles. The van der Waals surface area contributed by atoms with Crippen molar-refractivity contribution in [3.8, 4) is 11.9 Å². The van der Waals surface area contributed by atoms with Crippen molar-refractivity contribution in [1.29, 1.82) is 0 Å². The number of carbonyl (C=O) groups excluding carboxylic acids is 1. The number of fused-ring (bicyclic) bond motifs is 5. The number of nitrogens with zero attached hydrogens (tertiary/aromatic N) is 5. The summed E-state index contributed by atoms with van der Waals surface area (Å²) in [5.41, 5.74) is -3.40. The van der Waals surface area contributed by atoms with E-state index in [1.165, 1.54) is 9.80 Å². The van der Waals surface area contributed by atoms with E-state index < -0.39 is 101 Å². The molecule has 42 heavy (non-hydrogen) atoms. The zero-order chi connectivity index (χ0) is 30.6. The van der Waals surface area contributed by atoms with Crippen LogP contribution in [-0.2, 0) is 4.74 Å². The first-order valence-corrected chi connectivity index (χ1v) is 13.5. The average molecular weight is 626 g/mol. The van der Waals surface area contributed by atoms with E-state index >= 15 is 4.39 Å². The first kappa shape index (κ1) is 29.1. The fourth-order valence-electron chi connectivity index (χ4n) is 6.02. The van der Waals surface area contributed by atoms with Crippen LogP contribution >= 0.6 is 11.6 Å². The quantitative estimate of drug-likeness (QED) is 0.388. The van der Waals surface area contributed by atoms with Crippen molar-refractivity contribution >= 4 is 34.4 Å². The number of ether oxygens (including phenoxy) is 3. The van der Waals surface area contributed by atoms with Crippen LogP contribution in [0.25, 0.3) is 10.9 Å². The third-order valence-electron chi connectivity index (χ3n) is 8.12. The Hall–Kier alpha value is -3.01. The van der Waals surface area contributed by atoms with Crippen molar-refractivity contribution in [2.45, 2.75) is 82.0 Å². The molecule has 5 heterocycles. The minimum absolute atomic E-state index is 0.172. The van der Waals surface area contributed by atoms with Crippen LogP contribution in [0.5, 0.6) is 11.9 Å². The molecule has 0 aromatic carbocycles. The number of aromatic nitrogens is 3. The zero-order valence-corrected chi connectivity index (χ0v) is 23.3. The minimum Gasteiger partial charge on any atom is -0.462 e. The van der Waals surface area contributed by atoms with Crippen molar-refractivity contribution in [2.24, 2.45) is 5.41 Å². The molecular formula is C25H26ClF6N5O5. The number of hydrogen-bond acceptors (Lipinski definition) is 9. The van der Waals surface area contributed by atoms with Crippen LogP contribution in [0, 0.1) is 11.2 Å². The molecule has 2 bridgehead atoms. The zero-order valence-electron chi connectivity index (χ0n) is 22.5. The van der Waals surface area contributed by atoms with E-state index in [1.54, 1.807) is 20.8 Å². The maximum Gasteiger partial charge on any atom is 0.427 e. The number of aliphatic hydroxyl groups excluding tert-OH is 1. The summed E-state index contributed by atoms with van der Waals surface area (Å²) in [6.45, 7) is 3.08. The lowest BCUT2D eigenvalue weighted by molar-refractivity contribution is -0.206.